The lowest BCUT2D eigenvalue weighted by molar-refractivity contribution is 1.05. The van der Waals surface area contributed by atoms with E-state index in [2.05, 4.69) is 35.1 Å². The lowest BCUT2D eigenvalue weighted by Crippen LogP contribution is -1.99. The van der Waals surface area contributed by atoms with Crippen molar-refractivity contribution < 1.29 is 0 Å². The third kappa shape index (κ3) is 1.92. The number of aryl methyl sites for hydroxylation is 2. The predicted octanol–water partition coefficient (Wildman–Crippen LogP) is 2.15. The van der Waals surface area contributed by atoms with Crippen molar-refractivity contribution in [3.05, 3.63) is 41.3 Å². The lowest BCUT2D eigenvalue weighted by atomic mass is 10.0. The Hall–Kier alpha value is -1.61. The summed E-state index contributed by atoms with van der Waals surface area (Å²) in [6.07, 6.45) is 1.85. The number of rotatable bonds is 2. The van der Waals surface area contributed by atoms with Crippen molar-refractivity contribution in [2.75, 3.05) is 0 Å². The second-order valence-corrected chi connectivity index (χ2v) is 3.73. The summed E-state index contributed by atoms with van der Waals surface area (Å²) in [6.45, 7) is 4.60. The van der Waals surface area contributed by atoms with Crippen molar-refractivity contribution in [3.63, 3.8) is 0 Å². The predicted molar refractivity (Wildman–Crippen MR) is 61.4 cm³/mol. The Bertz CT molecular complexity index is 471. The first-order valence-electron chi connectivity index (χ1n) is 5.02. The summed E-state index contributed by atoms with van der Waals surface area (Å²) in [5.74, 6) is 0.930. The molecule has 0 bridgehead atoms. The van der Waals surface area contributed by atoms with Crippen molar-refractivity contribution in [1.29, 1.82) is 0 Å². The summed E-state index contributed by atoms with van der Waals surface area (Å²) in [7, 11) is 0. The lowest BCUT2D eigenvalue weighted by Gasteiger charge is -2.05. The Balaban J connectivity index is 2.45. The van der Waals surface area contributed by atoms with Gasteiger partial charge in [0.15, 0.2) is 0 Å². The summed E-state index contributed by atoms with van der Waals surface area (Å²) < 4.78 is 0. The van der Waals surface area contributed by atoms with E-state index in [-0.39, 0.29) is 0 Å². The van der Waals surface area contributed by atoms with E-state index in [9.17, 15) is 0 Å². The maximum atomic E-state index is 5.68. The smallest absolute Gasteiger partial charge is 0.103 e. The highest BCUT2D eigenvalue weighted by Crippen LogP contribution is 2.20. The van der Waals surface area contributed by atoms with E-state index in [4.69, 9.17) is 5.73 Å². The average molecular weight is 201 g/mol. The summed E-state index contributed by atoms with van der Waals surface area (Å²) in [4.78, 5) is 7.40. The number of nitrogens with one attached hydrogen (secondary N) is 1. The fourth-order valence-corrected chi connectivity index (χ4v) is 1.63. The van der Waals surface area contributed by atoms with Crippen LogP contribution in [0.25, 0.3) is 11.3 Å². The van der Waals surface area contributed by atoms with Gasteiger partial charge in [-0.05, 0) is 36.6 Å². The highest BCUT2D eigenvalue weighted by Gasteiger charge is 2.03. The van der Waals surface area contributed by atoms with Crippen LogP contribution < -0.4 is 5.73 Å². The van der Waals surface area contributed by atoms with Crippen molar-refractivity contribution in [2.24, 2.45) is 5.73 Å². The normalized spacial score (nSPS) is 10.6. The van der Waals surface area contributed by atoms with E-state index in [0.717, 1.165) is 17.1 Å². The van der Waals surface area contributed by atoms with Gasteiger partial charge in [-0.15, -0.1) is 0 Å². The van der Waals surface area contributed by atoms with E-state index in [1.807, 2.05) is 13.1 Å². The van der Waals surface area contributed by atoms with Crippen molar-refractivity contribution in [1.82, 2.24) is 9.97 Å². The van der Waals surface area contributed by atoms with Gasteiger partial charge in [0.25, 0.3) is 0 Å². The second-order valence-electron chi connectivity index (χ2n) is 3.73. The summed E-state index contributed by atoms with van der Waals surface area (Å²) in [6, 6.07) is 6.29. The van der Waals surface area contributed by atoms with Gasteiger partial charge in [-0.1, -0.05) is 12.1 Å². The van der Waals surface area contributed by atoms with Crippen LogP contribution in [-0.2, 0) is 6.54 Å². The Kier molecular flexibility index (Phi) is 2.56. The molecule has 1 heterocycles. The Labute approximate surface area is 89.4 Å². The zero-order valence-electron chi connectivity index (χ0n) is 9.04. The molecule has 0 aliphatic heterocycles. The summed E-state index contributed by atoms with van der Waals surface area (Å²) >= 11 is 0. The standard InChI is InChI=1S/C12H15N3/c1-8-3-4-10(5-11(8)6-13)12-7-14-9(2)15-12/h3-5,7H,6,13H2,1-2H3,(H,14,15). The number of aromatic amines is 1. The quantitative estimate of drug-likeness (QED) is 0.782. The number of hydrogen-bond donors (Lipinski definition) is 2. The maximum Gasteiger partial charge on any atom is 0.103 e. The third-order valence-electron chi connectivity index (χ3n) is 2.58. The fraction of sp³-hybridized carbons (Fsp3) is 0.250. The SMILES string of the molecule is Cc1ncc(-c2ccc(C)c(CN)c2)[nH]1. The van der Waals surface area contributed by atoms with E-state index >= 15 is 0 Å². The van der Waals surface area contributed by atoms with Gasteiger partial charge in [0.1, 0.15) is 5.82 Å². The molecule has 1 aromatic carbocycles. The topological polar surface area (TPSA) is 54.7 Å². The van der Waals surface area contributed by atoms with Crippen molar-refractivity contribution in [3.8, 4) is 11.3 Å². The van der Waals surface area contributed by atoms with Crippen LogP contribution in [0.5, 0.6) is 0 Å². The molecule has 0 atom stereocenters. The molecular formula is C12H15N3. The minimum Gasteiger partial charge on any atom is -0.342 e. The first kappa shape index (κ1) is 9.93. The number of hydrogen-bond acceptors (Lipinski definition) is 2. The minimum atomic E-state index is 0.576. The monoisotopic (exact) mass is 201 g/mol. The molecule has 3 heteroatoms. The summed E-state index contributed by atoms with van der Waals surface area (Å²) in [5, 5.41) is 0. The fourth-order valence-electron chi connectivity index (χ4n) is 1.63. The minimum absolute atomic E-state index is 0.576. The molecule has 1 aromatic heterocycles. The number of benzene rings is 1. The number of nitrogens with two attached hydrogens (primary N) is 1. The van der Waals surface area contributed by atoms with Gasteiger partial charge in [-0.3, -0.25) is 0 Å². The first-order valence-corrected chi connectivity index (χ1v) is 5.02. The molecule has 0 saturated carbocycles. The molecule has 0 fully saturated rings. The molecule has 2 rings (SSSR count). The molecule has 3 N–H and O–H groups in total. The molecule has 2 aromatic rings. The van der Waals surface area contributed by atoms with Gasteiger partial charge < -0.3 is 10.7 Å². The van der Waals surface area contributed by atoms with Crippen LogP contribution in [0.1, 0.15) is 17.0 Å². The molecule has 0 spiro atoms. The van der Waals surface area contributed by atoms with Crippen LogP contribution in [0.2, 0.25) is 0 Å². The molecule has 0 aliphatic carbocycles. The highest BCUT2D eigenvalue weighted by molar-refractivity contribution is 5.60. The van der Waals surface area contributed by atoms with Gasteiger partial charge in [-0.25, -0.2) is 4.98 Å². The van der Waals surface area contributed by atoms with Crippen LogP contribution in [0.4, 0.5) is 0 Å². The molecule has 0 amide bonds. The van der Waals surface area contributed by atoms with Crippen LogP contribution >= 0.6 is 0 Å². The molecule has 3 nitrogen and oxygen atoms in total. The van der Waals surface area contributed by atoms with Crippen LogP contribution in [0.15, 0.2) is 24.4 Å². The molecule has 0 radical (unpaired) electrons. The van der Waals surface area contributed by atoms with Gasteiger partial charge in [0, 0.05) is 6.54 Å². The van der Waals surface area contributed by atoms with Gasteiger partial charge in [0.05, 0.1) is 11.9 Å². The van der Waals surface area contributed by atoms with E-state index in [0.29, 0.717) is 6.54 Å². The largest absolute Gasteiger partial charge is 0.342 e. The number of imidazole rings is 1. The van der Waals surface area contributed by atoms with Crippen LogP contribution in [0, 0.1) is 13.8 Å². The Morgan fingerprint density at radius 3 is 2.73 bits per heavy atom. The molecule has 0 saturated heterocycles. The first-order chi connectivity index (χ1) is 7.20. The Morgan fingerprint density at radius 2 is 2.13 bits per heavy atom. The van der Waals surface area contributed by atoms with Crippen LogP contribution in [-0.4, -0.2) is 9.97 Å². The molecule has 0 aliphatic rings. The zero-order valence-corrected chi connectivity index (χ0v) is 9.04. The number of aromatic nitrogens is 2. The molecule has 0 unspecified atom stereocenters. The molecule has 78 valence electrons. The molecule has 15 heavy (non-hydrogen) atoms. The molecular weight excluding hydrogens is 186 g/mol. The highest BCUT2D eigenvalue weighted by atomic mass is 14.9. The summed E-state index contributed by atoms with van der Waals surface area (Å²) in [5.41, 5.74) is 10.3. The number of nitrogens with zero attached hydrogens (tertiary/aromatic N) is 1. The van der Waals surface area contributed by atoms with E-state index in [1.165, 1.54) is 11.1 Å². The van der Waals surface area contributed by atoms with Gasteiger partial charge >= 0.3 is 0 Å². The zero-order chi connectivity index (χ0) is 10.8. The van der Waals surface area contributed by atoms with Crippen molar-refractivity contribution >= 4 is 0 Å². The van der Waals surface area contributed by atoms with Gasteiger partial charge in [-0.2, -0.15) is 0 Å². The second kappa shape index (κ2) is 3.87. The van der Waals surface area contributed by atoms with E-state index in [1.54, 1.807) is 0 Å². The van der Waals surface area contributed by atoms with Crippen LogP contribution in [0.3, 0.4) is 0 Å². The van der Waals surface area contributed by atoms with Crippen molar-refractivity contribution in [2.45, 2.75) is 20.4 Å². The maximum absolute atomic E-state index is 5.68. The van der Waals surface area contributed by atoms with Gasteiger partial charge in [0.2, 0.25) is 0 Å². The Morgan fingerprint density at radius 1 is 1.33 bits per heavy atom. The number of H-pyrrole nitrogens is 1. The average Bonchev–Trinajstić information content (AvgIpc) is 2.66. The third-order valence-corrected chi connectivity index (χ3v) is 2.58. The van der Waals surface area contributed by atoms with E-state index < -0.39 is 0 Å².